The zero-order valence-corrected chi connectivity index (χ0v) is 13.7. The third-order valence-corrected chi connectivity index (χ3v) is 5.25. The predicted molar refractivity (Wildman–Crippen MR) is 90.6 cm³/mol. The molecule has 1 aromatic rings. The summed E-state index contributed by atoms with van der Waals surface area (Å²) in [6.07, 6.45) is 5.39. The molecule has 0 unspecified atom stereocenters. The molecule has 0 amide bonds. The van der Waals surface area contributed by atoms with Crippen LogP contribution in [0.5, 0.6) is 0 Å². The maximum absolute atomic E-state index is 6.02. The van der Waals surface area contributed by atoms with Gasteiger partial charge in [-0.05, 0) is 36.6 Å². The Labute approximate surface area is 128 Å². The number of piperidine rings is 1. The number of anilines is 1. The summed E-state index contributed by atoms with van der Waals surface area (Å²) in [6, 6.07) is 6.65. The van der Waals surface area contributed by atoms with Gasteiger partial charge in [-0.25, -0.2) is 0 Å². The summed E-state index contributed by atoms with van der Waals surface area (Å²) in [5, 5.41) is 0. The van der Waals surface area contributed by atoms with E-state index in [-0.39, 0.29) is 0 Å². The molecule has 0 aliphatic carbocycles. The molecule has 1 fully saturated rings. The van der Waals surface area contributed by atoms with Gasteiger partial charge >= 0.3 is 0 Å². The van der Waals surface area contributed by atoms with Crippen molar-refractivity contribution in [1.82, 2.24) is 0 Å². The van der Waals surface area contributed by atoms with Crippen LogP contribution in [-0.2, 0) is 6.54 Å². The van der Waals surface area contributed by atoms with E-state index in [4.69, 9.17) is 5.73 Å². The van der Waals surface area contributed by atoms with Crippen molar-refractivity contribution >= 4 is 17.4 Å². The van der Waals surface area contributed by atoms with Gasteiger partial charge in [-0.15, -0.1) is 11.8 Å². The first-order valence-corrected chi connectivity index (χ1v) is 8.98. The molecule has 20 heavy (non-hydrogen) atoms. The Kier molecular flexibility index (Phi) is 6.24. The van der Waals surface area contributed by atoms with Crippen LogP contribution in [0.2, 0.25) is 0 Å². The highest BCUT2D eigenvalue weighted by Gasteiger charge is 2.21. The highest BCUT2D eigenvalue weighted by molar-refractivity contribution is 7.99. The Hall–Kier alpha value is -0.670. The van der Waals surface area contributed by atoms with Crippen molar-refractivity contribution in [3.63, 3.8) is 0 Å². The second-order valence-corrected chi connectivity index (χ2v) is 6.92. The van der Waals surface area contributed by atoms with E-state index in [0.29, 0.717) is 6.54 Å². The van der Waals surface area contributed by atoms with Crippen LogP contribution >= 0.6 is 11.8 Å². The molecule has 0 saturated carbocycles. The maximum atomic E-state index is 6.02. The van der Waals surface area contributed by atoms with Crippen LogP contribution in [0.15, 0.2) is 23.1 Å². The van der Waals surface area contributed by atoms with Crippen molar-refractivity contribution in [3.8, 4) is 0 Å². The van der Waals surface area contributed by atoms with Gasteiger partial charge in [0.05, 0.1) is 0 Å². The quantitative estimate of drug-likeness (QED) is 0.794. The van der Waals surface area contributed by atoms with E-state index in [1.807, 2.05) is 11.8 Å². The van der Waals surface area contributed by atoms with Crippen molar-refractivity contribution < 1.29 is 0 Å². The van der Waals surface area contributed by atoms with Crippen molar-refractivity contribution in [2.45, 2.75) is 51.0 Å². The van der Waals surface area contributed by atoms with Gasteiger partial charge in [-0.3, -0.25) is 0 Å². The van der Waals surface area contributed by atoms with Crippen molar-refractivity contribution in [1.29, 1.82) is 0 Å². The lowest BCUT2D eigenvalue weighted by Gasteiger charge is -2.35. The standard InChI is InChI=1S/C17H28N2S/c1-3-6-14-9-11-19(12-10-14)16-7-5-8-17(20-4-2)15(16)13-18/h5,7-8,14H,3-4,6,9-13,18H2,1-2H3. The summed E-state index contributed by atoms with van der Waals surface area (Å²) >= 11 is 1.91. The monoisotopic (exact) mass is 292 g/mol. The molecule has 2 rings (SSSR count). The van der Waals surface area contributed by atoms with Crippen molar-refractivity contribution in [3.05, 3.63) is 23.8 Å². The lowest BCUT2D eigenvalue weighted by molar-refractivity contribution is 0.378. The van der Waals surface area contributed by atoms with Gasteiger partial charge in [0, 0.05) is 35.8 Å². The van der Waals surface area contributed by atoms with Gasteiger partial charge in [-0.1, -0.05) is 32.8 Å². The molecule has 1 heterocycles. The normalized spacial score (nSPS) is 16.6. The number of hydrogen-bond acceptors (Lipinski definition) is 3. The second kappa shape index (κ2) is 7.94. The van der Waals surface area contributed by atoms with E-state index in [1.54, 1.807) is 0 Å². The topological polar surface area (TPSA) is 29.3 Å². The molecule has 0 aromatic heterocycles. The smallest absolute Gasteiger partial charge is 0.0423 e. The van der Waals surface area contributed by atoms with E-state index >= 15 is 0 Å². The average molecular weight is 292 g/mol. The van der Waals surface area contributed by atoms with Crippen LogP contribution in [-0.4, -0.2) is 18.8 Å². The van der Waals surface area contributed by atoms with Crippen LogP contribution in [0.25, 0.3) is 0 Å². The minimum absolute atomic E-state index is 0.646. The van der Waals surface area contributed by atoms with Gasteiger partial charge in [0.15, 0.2) is 0 Å². The lowest BCUT2D eigenvalue weighted by Crippen LogP contribution is -2.34. The fraction of sp³-hybridized carbons (Fsp3) is 0.647. The van der Waals surface area contributed by atoms with E-state index in [0.717, 1.165) is 11.7 Å². The Balaban J connectivity index is 2.11. The Morgan fingerprint density at radius 1 is 1.25 bits per heavy atom. The molecule has 1 saturated heterocycles. The summed E-state index contributed by atoms with van der Waals surface area (Å²) in [6.45, 7) is 7.53. The summed E-state index contributed by atoms with van der Waals surface area (Å²) in [5.41, 5.74) is 8.74. The number of nitrogens with zero attached hydrogens (tertiary/aromatic N) is 1. The zero-order chi connectivity index (χ0) is 14.4. The first kappa shape index (κ1) is 15.7. The zero-order valence-electron chi connectivity index (χ0n) is 12.9. The minimum atomic E-state index is 0.646. The molecule has 2 N–H and O–H groups in total. The molecule has 0 atom stereocenters. The SMILES string of the molecule is CCCC1CCN(c2cccc(SCC)c2CN)CC1. The van der Waals surface area contributed by atoms with Crippen molar-refractivity contribution in [2.24, 2.45) is 11.7 Å². The Bertz CT molecular complexity index is 411. The van der Waals surface area contributed by atoms with Gasteiger partial charge in [0.1, 0.15) is 0 Å². The minimum Gasteiger partial charge on any atom is -0.371 e. The maximum Gasteiger partial charge on any atom is 0.0423 e. The molecule has 3 heteroatoms. The molecule has 1 aliphatic rings. The number of nitrogens with two attached hydrogens (primary N) is 1. The van der Waals surface area contributed by atoms with Gasteiger partial charge in [-0.2, -0.15) is 0 Å². The highest BCUT2D eigenvalue weighted by Crippen LogP contribution is 2.33. The molecule has 112 valence electrons. The number of benzene rings is 1. The number of thioether (sulfide) groups is 1. The third kappa shape index (κ3) is 3.70. The first-order valence-electron chi connectivity index (χ1n) is 7.99. The number of rotatable bonds is 6. The van der Waals surface area contributed by atoms with Gasteiger partial charge < -0.3 is 10.6 Å². The summed E-state index contributed by atoms with van der Waals surface area (Å²) < 4.78 is 0. The van der Waals surface area contributed by atoms with E-state index in [2.05, 4.69) is 36.9 Å². The molecular weight excluding hydrogens is 264 g/mol. The largest absolute Gasteiger partial charge is 0.371 e. The number of hydrogen-bond donors (Lipinski definition) is 1. The van der Waals surface area contributed by atoms with Crippen LogP contribution in [0.4, 0.5) is 5.69 Å². The van der Waals surface area contributed by atoms with Crippen molar-refractivity contribution in [2.75, 3.05) is 23.7 Å². The lowest BCUT2D eigenvalue weighted by atomic mass is 9.92. The molecule has 0 radical (unpaired) electrons. The van der Waals surface area contributed by atoms with Crippen LogP contribution in [0, 0.1) is 5.92 Å². The molecule has 1 aliphatic heterocycles. The second-order valence-electron chi connectivity index (χ2n) is 5.61. The molecule has 2 nitrogen and oxygen atoms in total. The fourth-order valence-corrected chi connectivity index (χ4v) is 4.06. The molecule has 0 bridgehead atoms. The summed E-state index contributed by atoms with van der Waals surface area (Å²) in [4.78, 5) is 3.91. The third-order valence-electron chi connectivity index (χ3n) is 4.26. The van der Waals surface area contributed by atoms with E-state index in [1.165, 1.54) is 54.9 Å². The molecular formula is C17H28N2S. The van der Waals surface area contributed by atoms with Crippen LogP contribution in [0.1, 0.15) is 45.1 Å². The summed E-state index contributed by atoms with van der Waals surface area (Å²) in [5.74, 6) is 2.04. The summed E-state index contributed by atoms with van der Waals surface area (Å²) in [7, 11) is 0. The Morgan fingerprint density at radius 3 is 2.60 bits per heavy atom. The molecule has 0 spiro atoms. The van der Waals surface area contributed by atoms with Gasteiger partial charge in [0.25, 0.3) is 0 Å². The average Bonchev–Trinajstić information content (AvgIpc) is 2.48. The van der Waals surface area contributed by atoms with Crippen LogP contribution < -0.4 is 10.6 Å². The first-order chi connectivity index (χ1) is 9.80. The Morgan fingerprint density at radius 2 is 2.00 bits per heavy atom. The van der Waals surface area contributed by atoms with Crippen LogP contribution in [0.3, 0.4) is 0 Å². The molecule has 1 aromatic carbocycles. The fourth-order valence-electron chi connectivity index (χ4n) is 3.22. The van der Waals surface area contributed by atoms with E-state index in [9.17, 15) is 0 Å². The van der Waals surface area contributed by atoms with Gasteiger partial charge in [0.2, 0.25) is 0 Å². The highest BCUT2D eigenvalue weighted by atomic mass is 32.2. The van der Waals surface area contributed by atoms with E-state index < -0.39 is 0 Å². The predicted octanol–water partition coefficient (Wildman–Crippen LogP) is 4.27.